The average Bonchev–Trinajstić information content (AvgIpc) is 2.27. The maximum absolute atomic E-state index is 11.2. The summed E-state index contributed by atoms with van der Waals surface area (Å²) < 4.78 is 0. The van der Waals surface area contributed by atoms with Gasteiger partial charge >= 0.3 is 11.8 Å². The molecule has 0 radical (unpaired) electrons. The molecule has 2 amide bonds. The Kier molecular flexibility index (Phi) is 4.56. The van der Waals surface area contributed by atoms with Crippen molar-refractivity contribution in [3.05, 3.63) is 24.4 Å². The molecule has 0 spiro atoms. The third-order valence-corrected chi connectivity index (χ3v) is 1.68. The summed E-state index contributed by atoms with van der Waals surface area (Å²) in [7, 11) is 0. The van der Waals surface area contributed by atoms with Gasteiger partial charge in [-0.15, -0.1) is 11.6 Å². The van der Waals surface area contributed by atoms with Crippen molar-refractivity contribution in [2.75, 3.05) is 17.7 Å². The molecule has 0 aliphatic heterocycles. The number of amides is 2. The highest BCUT2D eigenvalue weighted by Crippen LogP contribution is 1.98. The molecule has 1 aromatic heterocycles. The molecule has 15 heavy (non-hydrogen) atoms. The predicted octanol–water partition coefficient (Wildman–Crippen LogP) is 0.375. The van der Waals surface area contributed by atoms with Crippen molar-refractivity contribution in [1.29, 1.82) is 0 Å². The summed E-state index contributed by atoms with van der Waals surface area (Å²) in [5.74, 6) is -0.869. The standard InChI is InChI=1S/C9H10ClN3O2/c10-4-6-12-8(14)9(15)13-7-3-1-2-5-11-7/h1-3,5H,4,6H2,(H,12,14)(H,11,13,15). The van der Waals surface area contributed by atoms with Crippen molar-refractivity contribution < 1.29 is 9.59 Å². The lowest BCUT2D eigenvalue weighted by atomic mass is 10.4. The van der Waals surface area contributed by atoms with E-state index in [2.05, 4.69) is 15.6 Å². The fraction of sp³-hybridized carbons (Fsp3) is 0.222. The number of alkyl halides is 1. The molecule has 0 aromatic carbocycles. The zero-order valence-electron chi connectivity index (χ0n) is 7.87. The van der Waals surface area contributed by atoms with Gasteiger partial charge in [-0.1, -0.05) is 6.07 Å². The largest absolute Gasteiger partial charge is 0.347 e. The van der Waals surface area contributed by atoms with Crippen LogP contribution in [0.4, 0.5) is 5.82 Å². The molecule has 0 saturated carbocycles. The van der Waals surface area contributed by atoms with Crippen LogP contribution >= 0.6 is 11.6 Å². The number of hydrogen-bond acceptors (Lipinski definition) is 3. The van der Waals surface area contributed by atoms with Crippen LogP contribution in [0.15, 0.2) is 24.4 Å². The lowest BCUT2D eigenvalue weighted by Crippen LogP contribution is -2.36. The number of carbonyl (C=O) groups is 2. The summed E-state index contributed by atoms with van der Waals surface area (Å²) in [5.41, 5.74) is 0. The van der Waals surface area contributed by atoms with Crippen LogP contribution in [0.2, 0.25) is 0 Å². The third-order valence-electron chi connectivity index (χ3n) is 1.49. The Morgan fingerprint density at radius 2 is 2.13 bits per heavy atom. The number of nitrogens with one attached hydrogen (secondary N) is 2. The van der Waals surface area contributed by atoms with Gasteiger partial charge in [0.25, 0.3) is 0 Å². The van der Waals surface area contributed by atoms with Crippen LogP contribution in [0.3, 0.4) is 0 Å². The molecular weight excluding hydrogens is 218 g/mol. The van der Waals surface area contributed by atoms with E-state index in [-0.39, 0.29) is 12.4 Å². The van der Waals surface area contributed by atoms with Crippen molar-refractivity contribution in [1.82, 2.24) is 10.3 Å². The van der Waals surface area contributed by atoms with Crippen molar-refractivity contribution in [3.63, 3.8) is 0 Å². The first-order valence-corrected chi connectivity index (χ1v) is 4.83. The molecule has 0 unspecified atom stereocenters. The second-order valence-electron chi connectivity index (χ2n) is 2.61. The van der Waals surface area contributed by atoms with Crippen LogP contribution in [-0.4, -0.2) is 29.2 Å². The van der Waals surface area contributed by atoms with E-state index in [9.17, 15) is 9.59 Å². The minimum absolute atomic E-state index is 0.260. The summed E-state index contributed by atoms with van der Waals surface area (Å²) in [4.78, 5) is 26.2. The van der Waals surface area contributed by atoms with Crippen LogP contribution in [0.25, 0.3) is 0 Å². The maximum atomic E-state index is 11.2. The molecule has 0 atom stereocenters. The van der Waals surface area contributed by atoms with Crippen LogP contribution in [0.1, 0.15) is 0 Å². The molecule has 0 saturated heterocycles. The Morgan fingerprint density at radius 1 is 1.33 bits per heavy atom. The van der Waals surface area contributed by atoms with Gasteiger partial charge in [0.05, 0.1) is 0 Å². The van der Waals surface area contributed by atoms with Crippen molar-refractivity contribution in [2.45, 2.75) is 0 Å². The SMILES string of the molecule is O=C(NCCCl)C(=O)Nc1ccccn1. The Labute approximate surface area is 91.8 Å². The van der Waals surface area contributed by atoms with Crippen LogP contribution in [0.5, 0.6) is 0 Å². The predicted molar refractivity (Wildman–Crippen MR) is 56.6 cm³/mol. The zero-order chi connectivity index (χ0) is 11.1. The number of anilines is 1. The Morgan fingerprint density at radius 3 is 2.73 bits per heavy atom. The van der Waals surface area contributed by atoms with Crippen molar-refractivity contribution in [2.24, 2.45) is 0 Å². The summed E-state index contributed by atoms with van der Waals surface area (Å²) in [6.45, 7) is 0.260. The third kappa shape index (κ3) is 3.95. The Hall–Kier alpha value is -1.62. The van der Waals surface area contributed by atoms with Gasteiger partial charge in [0.15, 0.2) is 0 Å². The maximum Gasteiger partial charge on any atom is 0.314 e. The molecule has 0 aliphatic carbocycles. The van der Waals surface area contributed by atoms with Gasteiger partial charge in [0, 0.05) is 18.6 Å². The van der Waals surface area contributed by atoms with E-state index in [1.54, 1.807) is 18.2 Å². The second-order valence-corrected chi connectivity index (χ2v) is 2.99. The quantitative estimate of drug-likeness (QED) is 0.579. The van der Waals surface area contributed by atoms with Crippen molar-refractivity contribution >= 4 is 29.2 Å². The number of hydrogen-bond donors (Lipinski definition) is 2. The van der Waals surface area contributed by atoms with Gasteiger partial charge in [0.1, 0.15) is 5.82 Å². The highest BCUT2D eigenvalue weighted by molar-refractivity contribution is 6.39. The minimum Gasteiger partial charge on any atom is -0.347 e. The lowest BCUT2D eigenvalue weighted by Gasteiger charge is -2.03. The molecule has 6 heteroatoms. The van der Waals surface area contributed by atoms with Crippen LogP contribution < -0.4 is 10.6 Å². The van der Waals surface area contributed by atoms with E-state index < -0.39 is 11.8 Å². The first-order chi connectivity index (χ1) is 7.24. The summed E-state index contributed by atoms with van der Waals surface area (Å²) >= 11 is 5.35. The summed E-state index contributed by atoms with van der Waals surface area (Å²) in [5, 5.41) is 4.69. The number of pyridine rings is 1. The molecule has 0 aliphatic rings. The zero-order valence-corrected chi connectivity index (χ0v) is 8.62. The first-order valence-electron chi connectivity index (χ1n) is 4.30. The molecule has 2 N–H and O–H groups in total. The van der Waals surface area contributed by atoms with Gasteiger partial charge in [-0.3, -0.25) is 9.59 Å². The lowest BCUT2D eigenvalue weighted by molar-refractivity contribution is -0.136. The fourth-order valence-corrected chi connectivity index (χ4v) is 0.945. The number of halogens is 1. The topological polar surface area (TPSA) is 71.1 Å². The summed E-state index contributed by atoms with van der Waals surface area (Å²) in [6, 6.07) is 5.01. The molecule has 0 fully saturated rings. The average molecular weight is 228 g/mol. The van der Waals surface area contributed by atoms with E-state index in [4.69, 9.17) is 11.6 Å². The first kappa shape index (κ1) is 11.5. The van der Waals surface area contributed by atoms with E-state index >= 15 is 0 Å². The van der Waals surface area contributed by atoms with E-state index in [0.717, 1.165) is 0 Å². The van der Waals surface area contributed by atoms with E-state index in [1.165, 1.54) is 6.20 Å². The monoisotopic (exact) mass is 227 g/mol. The van der Waals surface area contributed by atoms with Crippen LogP contribution in [-0.2, 0) is 9.59 Å². The van der Waals surface area contributed by atoms with E-state index in [1.807, 2.05) is 0 Å². The molecule has 80 valence electrons. The fourth-order valence-electron chi connectivity index (χ4n) is 0.851. The minimum atomic E-state index is -0.751. The number of rotatable bonds is 3. The highest BCUT2D eigenvalue weighted by atomic mass is 35.5. The molecular formula is C9H10ClN3O2. The molecule has 1 heterocycles. The smallest absolute Gasteiger partial charge is 0.314 e. The Balaban J connectivity index is 2.45. The van der Waals surface area contributed by atoms with Gasteiger partial charge in [0.2, 0.25) is 0 Å². The molecule has 1 aromatic rings. The number of carbonyl (C=O) groups excluding carboxylic acids is 2. The number of nitrogens with zero attached hydrogens (tertiary/aromatic N) is 1. The van der Waals surface area contributed by atoms with E-state index in [0.29, 0.717) is 5.82 Å². The summed E-state index contributed by atoms with van der Waals surface area (Å²) in [6.07, 6.45) is 1.52. The molecule has 1 rings (SSSR count). The van der Waals surface area contributed by atoms with Gasteiger partial charge < -0.3 is 10.6 Å². The van der Waals surface area contributed by atoms with Crippen LogP contribution in [0, 0.1) is 0 Å². The normalized spacial score (nSPS) is 9.40. The van der Waals surface area contributed by atoms with Gasteiger partial charge in [-0.05, 0) is 12.1 Å². The second kappa shape index (κ2) is 5.98. The molecule has 0 bridgehead atoms. The molecule has 5 nitrogen and oxygen atoms in total. The Bertz CT molecular complexity index is 342. The van der Waals surface area contributed by atoms with Gasteiger partial charge in [-0.2, -0.15) is 0 Å². The number of aromatic nitrogens is 1. The highest BCUT2D eigenvalue weighted by Gasteiger charge is 2.12. The van der Waals surface area contributed by atoms with Crippen molar-refractivity contribution in [3.8, 4) is 0 Å². The van der Waals surface area contributed by atoms with Gasteiger partial charge in [-0.25, -0.2) is 4.98 Å².